The van der Waals surface area contributed by atoms with E-state index in [1.165, 1.54) is 6.07 Å². The number of benzene rings is 1. The zero-order valence-electron chi connectivity index (χ0n) is 19.1. The Bertz CT molecular complexity index is 889. The summed E-state index contributed by atoms with van der Waals surface area (Å²) >= 11 is 0. The molecule has 1 saturated carbocycles. The van der Waals surface area contributed by atoms with E-state index in [4.69, 9.17) is 0 Å². The van der Waals surface area contributed by atoms with Gasteiger partial charge in [0.2, 0.25) is 10.0 Å². The lowest BCUT2D eigenvalue weighted by Gasteiger charge is -2.35. The van der Waals surface area contributed by atoms with Crippen LogP contribution in [0.5, 0.6) is 0 Å². The summed E-state index contributed by atoms with van der Waals surface area (Å²) in [6.45, 7) is 2.53. The minimum atomic E-state index is -4.68. The smallest absolute Gasteiger partial charge is 0.382 e. The molecule has 1 unspecified atom stereocenters. The van der Waals surface area contributed by atoms with E-state index < -0.39 is 39.7 Å². The fraction of sp³-hybridized carbons (Fsp3) is 0.727. The van der Waals surface area contributed by atoms with E-state index in [9.17, 15) is 34.8 Å². The standard InChI is InChI=1S/C22H31F6N3O2S.ClH/c23-20(24)21(25)34(32,33)30-18-6-4-15(5-7-18)8-11-31-12-9-17(10-13-31)29-19-3-1-2-16(14-19)22(26,27)28;/h1-3,14-15,17-18,20-21,29-30H,4-13H2;1H. The van der Waals surface area contributed by atoms with Crippen molar-refractivity contribution in [1.29, 1.82) is 0 Å². The lowest BCUT2D eigenvalue weighted by Crippen LogP contribution is -2.44. The van der Waals surface area contributed by atoms with Crippen LogP contribution in [0.25, 0.3) is 0 Å². The maximum atomic E-state index is 13.2. The number of hydrogen-bond donors (Lipinski definition) is 2. The number of anilines is 1. The van der Waals surface area contributed by atoms with Gasteiger partial charge >= 0.3 is 6.18 Å². The molecular weight excluding hydrogens is 520 g/mol. The Kier molecular flexibility index (Phi) is 11.0. The maximum Gasteiger partial charge on any atom is 0.416 e. The van der Waals surface area contributed by atoms with Gasteiger partial charge in [-0.05, 0) is 75.6 Å². The Morgan fingerprint density at radius 2 is 1.60 bits per heavy atom. The molecule has 2 fully saturated rings. The van der Waals surface area contributed by atoms with Crippen LogP contribution in [0.2, 0.25) is 0 Å². The lowest BCUT2D eigenvalue weighted by molar-refractivity contribution is -0.137. The number of hydrogen-bond acceptors (Lipinski definition) is 4. The van der Waals surface area contributed by atoms with Gasteiger partial charge in [0.15, 0.2) is 0 Å². The fourth-order valence-electron chi connectivity index (χ4n) is 4.69. The van der Waals surface area contributed by atoms with Crippen molar-refractivity contribution in [1.82, 2.24) is 9.62 Å². The number of sulfonamides is 1. The first kappa shape index (κ1) is 30.0. The summed E-state index contributed by atoms with van der Waals surface area (Å²) in [6, 6.07) is 4.81. The molecule has 0 spiro atoms. The van der Waals surface area contributed by atoms with Crippen LogP contribution in [-0.4, -0.2) is 57.0 Å². The quantitative estimate of drug-likeness (QED) is 0.402. The summed E-state index contributed by atoms with van der Waals surface area (Å²) < 4.78 is 102. The Balaban J connectivity index is 0.00000432. The second kappa shape index (κ2) is 12.8. The van der Waals surface area contributed by atoms with Crippen LogP contribution in [0, 0.1) is 5.92 Å². The van der Waals surface area contributed by atoms with Crippen molar-refractivity contribution in [3.05, 3.63) is 29.8 Å². The number of likely N-dealkylation sites (tertiary alicyclic amines) is 1. The number of piperidine rings is 1. The number of alkyl halides is 6. The van der Waals surface area contributed by atoms with Crippen molar-refractivity contribution in [3.8, 4) is 0 Å². The van der Waals surface area contributed by atoms with Crippen LogP contribution < -0.4 is 10.0 Å². The molecule has 1 aromatic rings. The average Bonchev–Trinajstić information content (AvgIpc) is 2.78. The Labute approximate surface area is 208 Å². The van der Waals surface area contributed by atoms with Gasteiger partial charge in [-0.2, -0.15) is 13.2 Å². The first-order valence-corrected chi connectivity index (χ1v) is 13.1. The molecule has 1 aliphatic carbocycles. The maximum absolute atomic E-state index is 13.2. The second-order valence-electron chi connectivity index (χ2n) is 9.19. The molecule has 202 valence electrons. The van der Waals surface area contributed by atoms with E-state index >= 15 is 0 Å². The molecule has 1 aliphatic heterocycles. The van der Waals surface area contributed by atoms with Crippen molar-refractivity contribution in [3.63, 3.8) is 0 Å². The van der Waals surface area contributed by atoms with E-state index in [0.29, 0.717) is 24.4 Å². The highest BCUT2D eigenvalue weighted by atomic mass is 35.5. The molecule has 3 rings (SSSR count). The molecule has 1 aromatic carbocycles. The van der Waals surface area contributed by atoms with Gasteiger partial charge in [0.1, 0.15) is 0 Å². The Hall–Kier alpha value is -1.24. The molecule has 0 aromatic heterocycles. The first-order valence-electron chi connectivity index (χ1n) is 11.5. The van der Waals surface area contributed by atoms with Crippen LogP contribution in [0.3, 0.4) is 0 Å². The summed E-state index contributed by atoms with van der Waals surface area (Å²) in [6.07, 6.45) is -2.92. The molecule has 1 heterocycles. The van der Waals surface area contributed by atoms with Crippen LogP contribution >= 0.6 is 12.4 Å². The number of nitrogens with zero attached hydrogens (tertiary/aromatic N) is 1. The monoisotopic (exact) mass is 551 g/mol. The van der Waals surface area contributed by atoms with E-state index in [-0.39, 0.29) is 18.4 Å². The van der Waals surface area contributed by atoms with Gasteiger partial charge in [-0.1, -0.05) is 6.07 Å². The first-order chi connectivity index (χ1) is 15.9. The van der Waals surface area contributed by atoms with Crippen molar-refractivity contribution < 1.29 is 34.8 Å². The van der Waals surface area contributed by atoms with E-state index in [1.807, 2.05) is 0 Å². The Morgan fingerprint density at radius 3 is 2.17 bits per heavy atom. The number of halogens is 7. The van der Waals surface area contributed by atoms with Gasteiger partial charge in [0.05, 0.1) is 5.56 Å². The predicted octanol–water partition coefficient (Wildman–Crippen LogP) is 5.43. The van der Waals surface area contributed by atoms with Crippen LogP contribution in [-0.2, 0) is 16.2 Å². The van der Waals surface area contributed by atoms with Crippen molar-refractivity contribution in [2.75, 3.05) is 25.0 Å². The van der Waals surface area contributed by atoms with E-state index in [1.54, 1.807) is 6.07 Å². The summed E-state index contributed by atoms with van der Waals surface area (Å²) in [5.41, 5.74) is -3.42. The van der Waals surface area contributed by atoms with Crippen molar-refractivity contribution >= 4 is 28.1 Å². The van der Waals surface area contributed by atoms with E-state index in [0.717, 1.165) is 63.9 Å². The third-order valence-corrected chi connectivity index (χ3v) is 8.13. The highest BCUT2D eigenvalue weighted by Crippen LogP contribution is 2.32. The summed E-state index contributed by atoms with van der Waals surface area (Å²) in [7, 11) is -4.68. The van der Waals surface area contributed by atoms with Gasteiger partial charge in [-0.15, -0.1) is 12.4 Å². The Morgan fingerprint density at radius 1 is 0.971 bits per heavy atom. The third kappa shape index (κ3) is 8.98. The molecule has 13 heteroatoms. The minimum absolute atomic E-state index is 0. The molecule has 1 atom stereocenters. The molecule has 0 amide bonds. The molecule has 5 nitrogen and oxygen atoms in total. The largest absolute Gasteiger partial charge is 0.416 e. The third-order valence-electron chi connectivity index (χ3n) is 6.67. The summed E-state index contributed by atoms with van der Waals surface area (Å²) in [5.74, 6) is 0.387. The topological polar surface area (TPSA) is 61.4 Å². The highest BCUT2D eigenvalue weighted by Gasteiger charge is 2.36. The number of rotatable bonds is 9. The average molecular weight is 552 g/mol. The highest BCUT2D eigenvalue weighted by molar-refractivity contribution is 7.90. The molecular formula is C22H32ClF6N3O2S. The fourth-order valence-corrected chi connectivity index (χ4v) is 5.79. The summed E-state index contributed by atoms with van der Waals surface area (Å²) in [4.78, 5) is 2.31. The SMILES string of the molecule is Cl.O=S(=O)(NC1CCC(CCN2CCC(Nc3cccc(C(F)(F)F)c3)CC2)CC1)C(F)C(F)F. The van der Waals surface area contributed by atoms with Gasteiger partial charge in [0.25, 0.3) is 11.9 Å². The van der Waals surface area contributed by atoms with Crippen molar-refractivity contribution in [2.24, 2.45) is 5.92 Å². The molecule has 35 heavy (non-hydrogen) atoms. The van der Waals surface area contributed by atoms with Crippen LogP contribution in [0.4, 0.5) is 32.0 Å². The van der Waals surface area contributed by atoms with Gasteiger partial charge in [-0.25, -0.2) is 26.3 Å². The number of nitrogens with one attached hydrogen (secondary N) is 2. The van der Waals surface area contributed by atoms with Crippen molar-refractivity contribution in [2.45, 2.75) is 75.1 Å². The summed E-state index contributed by atoms with van der Waals surface area (Å²) in [5, 5.41) is 3.20. The minimum Gasteiger partial charge on any atom is -0.382 e. The van der Waals surface area contributed by atoms with Crippen LogP contribution in [0.1, 0.15) is 50.5 Å². The normalized spacial score (nSPS) is 23.6. The van der Waals surface area contributed by atoms with Gasteiger partial charge < -0.3 is 10.2 Å². The molecule has 2 N–H and O–H groups in total. The van der Waals surface area contributed by atoms with E-state index in [2.05, 4.69) is 14.9 Å². The molecule has 1 saturated heterocycles. The lowest BCUT2D eigenvalue weighted by atomic mass is 9.84. The zero-order chi connectivity index (χ0) is 24.9. The van der Waals surface area contributed by atoms with Gasteiger partial charge in [0, 0.05) is 30.9 Å². The molecule has 0 radical (unpaired) electrons. The predicted molar refractivity (Wildman–Crippen MR) is 125 cm³/mol. The molecule has 2 aliphatic rings. The second-order valence-corrected chi connectivity index (χ2v) is 11.0. The van der Waals surface area contributed by atoms with Crippen LogP contribution in [0.15, 0.2) is 24.3 Å². The molecule has 0 bridgehead atoms. The van der Waals surface area contributed by atoms with Gasteiger partial charge in [-0.3, -0.25) is 0 Å². The zero-order valence-corrected chi connectivity index (χ0v) is 20.7.